The molecule has 0 aliphatic carbocycles. The van der Waals surface area contributed by atoms with E-state index < -0.39 is 10.7 Å². The van der Waals surface area contributed by atoms with E-state index in [9.17, 15) is 14.5 Å². The normalized spacial score (nSPS) is 10.0. The second-order valence-electron chi connectivity index (χ2n) is 4.37. The summed E-state index contributed by atoms with van der Waals surface area (Å²) in [6, 6.07) is 10.8. The van der Waals surface area contributed by atoms with Crippen molar-refractivity contribution in [3.63, 3.8) is 0 Å². The quantitative estimate of drug-likeness (QED) is 0.512. The van der Waals surface area contributed by atoms with Gasteiger partial charge in [0.25, 0.3) is 5.69 Å². The zero-order valence-electron chi connectivity index (χ0n) is 11.1. The fraction of sp³-hybridized carbons (Fsp3) is 0.0714. The predicted molar refractivity (Wildman–Crippen MR) is 84.1 cm³/mol. The van der Waals surface area contributed by atoms with Gasteiger partial charge >= 0.3 is 0 Å². The maximum absolute atomic E-state index is 13.1. The second-order valence-corrected chi connectivity index (χ2v) is 4.78. The van der Waals surface area contributed by atoms with Gasteiger partial charge in [-0.05, 0) is 49.0 Å². The van der Waals surface area contributed by atoms with E-state index in [1.807, 2.05) is 31.2 Å². The van der Waals surface area contributed by atoms with Crippen LogP contribution in [0.15, 0.2) is 42.5 Å². The Bertz CT molecular complexity index is 706. The number of halogens is 1. The molecule has 2 aromatic carbocycles. The lowest BCUT2D eigenvalue weighted by molar-refractivity contribution is -0.384. The number of nitrogens with one attached hydrogen (secondary N) is 2. The van der Waals surface area contributed by atoms with Gasteiger partial charge in [-0.15, -0.1) is 0 Å². The third-order valence-electron chi connectivity index (χ3n) is 2.68. The number of nitro groups is 1. The lowest BCUT2D eigenvalue weighted by Crippen LogP contribution is -2.19. The number of aryl methyl sites for hydroxylation is 1. The maximum atomic E-state index is 13.1. The van der Waals surface area contributed by atoms with Gasteiger partial charge < -0.3 is 10.6 Å². The van der Waals surface area contributed by atoms with Crippen LogP contribution in [0, 0.1) is 22.9 Å². The van der Waals surface area contributed by atoms with E-state index in [0.717, 1.165) is 23.4 Å². The molecular weight excluding hydrogens is 293 g/mol. The van der Waals surface area contributed by atoms with Crippen LogP contribution < -0.4 is 10.6 Å². The molecule has 0 bridgehead atoms. The topological polar surface area (TPSA) is 67.2 Å². The van der Waals surface area contributed by atoms with Crippen molar-refractivity contribution in [2.45, 2.75) is 6.92 Å². The Balaban J connectivity index is 2.15. The molecule has 0 aliphatic rings. The van der Waals surface area contributed by atoms with Crippen LogP contribution in [0.4, 0.5) is 21.5 Å². The van der Waals surface area contributed by atoms with Crippen molar-refractivity contribution in [2.75, 3.05) is 10.6 Å². The molecule has 0 spiro atoms. The Morgan fingerprint density at radius 1 is 1.24 bits per heavy atom. The van der Waals surface area contributed by atoms with Crippen molar-refractivity contribution in [1.82, 2.24) is 0 Å². The van der Waals surface area contributed by atoms with Gasteiger partial charge in [-0.1, -0.05) is 12.1 Å². The third-order valence-corrected chi connectivity index (χ3v) is 2.88. The molecule has 0 unspecified atom stereocenters. The average molecular weight is 305 g/mol. The summed E-state index contributed by atoms with van der Waals surface area (Å²) >= 11 is 5.10. The van der Waals surface area contributed by atoms with Crippen molar-refractivity contribution in [2.24, 2.45) is 0 Å². The molecule has 0 saturated heterocycles. The molecule has 0 aliphatic heterocycles. The van der Waals surface area contributed by atoms with E-state index in [4.69, 9.17) is 12.2 Å². The Labute approximate surface area is 125 Å². The first-order valence-electron chi connectivity index (χ1n) is 6.04. The highest BCUT2D eigenvalue weighted by molar-refractivity contribution is 7.80. The zero-order valence-corrected chi connectivity index (χ0v) is 11.9. The molecule has 2 aromatic rings. The minimum absolute atomic E-state index is 0.131. The molecule has 108 valence electrons. The summed E-state index contributed by atoms with van der Waals surface area (Å²) in [6.45, 7) is 1.94. The van der Waals surface area contributed by atoms with Crippen LogP contribution in [0.5, 0.6) is 0 Å². The molecule has 0 amide bonds. The summed E-state index contributed by atoms with van der Waals surface area (Å²) in [7, 11) is 0. The van der Waals surface area contributed by atoms with Gasteiger partial charge in [0.15, 0.2) is 5.11 Å². The van der Waals surface area contributed by atoms with Gasteiger partial charge in [-0.2, -0.15) is 0 Å². The number of thiocarbonyl (C=S) groups is 1. The SMILES string of the molecule is Cc1cccc(NC(=S)Nc2ccc(F)cc2[N+](=O)[O-])c1. The minimum Gasteiger partial charge on any atom is -0.332 e. The maximum Gasteiger partial charge on any atom is 0.295 e. The molecule has 2 N–H and O–H groups in total. The van der Waals surface area contributed by atoms with Crippen LogP contribution >= 0.6 is 12.2 Å². The van der Waals surface area contributed by atoms with Gasteiger partial charge in [0.1, 0.15) is 11.5 Å². The third kappa shape index (κ3) is 3.96. The smallest absolute Gasteiger partial charge is 0.295 e. The molecular formula is C14H12FN3O2S. The molecule has 0 atom stereocenters. The molecule has 5 nitrogen and oxygen atoms in total. The Morgan fingerprint density at radius 3 is 2.67 bits per heavy atom. The first-order chi connectivity index (χ1) is 9.95. The highest BCUT2D eigenvalue weighted by atomic mass is 32.1. The minimum atomic E-state index is -0.676. The summed E-state index contributed by atoms with van der Waals surface area (Å²) in [5.41, 5.74) is 1.57. The summed E-state index contributed by atoms with van der Waals surface area (Å²) in [4.78, 5) is 10.2. The summed E-state index contributed by atoms with van der Waals surface area (Å²) < 4.78 is 13.1. The van der Waals surface area contributed by atoms with Crippen molar-refractivity contribution >= 4 is 34.4 Å². The summed E-state index contributed by atoms with van der Waals surface area (Å²) in [6.07, 6.45) is 0. The van der Waals surface area contributed by atoms with Gasteiger partial charge in [-0.3, -0.25) is 10.1 Å². The van der Waals surface area contributed by atoms with Gasteiger partial charge in [0, 0.05) is 5.69 Å². The second kappa shape index (κ2) is 6.27. The van der Waals surface area contributed by atoms with E-state index in [1.165, 1.54) is 6.07 Å². The number of anilines is 2. The van der Waals surface area contributed by atoms with Crippen LogP contribution in [0.3, 0.4) is 0 Å². The molecule has 0 saturated carbocycles. The summed E-state index contributed by atoms with van der Waals surface area (Å²) in [5.74, 6) is -0.676. The number of nitro benzene ring substituents is 1. The van der Waals surface area contributed by atoms with E-state index >= 15 is 0 Å². The fourth-order valence-electron chi connectivity index (χ4n) is 1.77. The predicted octanol–water partition coefficient (Wildman–Crippen LogP) is 3.85. The molecule has 0 aromatic heterocycles. The number of benzene rings is 2. The van der Waals surface area contributed by atoms with E-state index in [-0.39, 0.29) is 16.5 Å². The Hall–Kier alpha value is -2.54. The molecule has 21 heavy (non-hydrogen) atoms. The average Bonchev–Trinajstić information content (AvgIpc) is 2.40. The number of hydrogen-bond acceptors (Lipinski definition) is 3. The highest BCUT2D eigenvalue weighted by Crippen LogP contribution is 2.25. The highest BCUT2D eigenvalue weighted by Gasteiger charge is 2.15. The molecule has 0 radical (unpaired) electrons. The van der Waals surface area contributed by atoms with Crippen molar-refractivity contribution in [3.05, 3.63) is 64.0 Å². The Morgan fingerprint density at radius 2 is 2.00 bits per heavy atom. The zero-order chi connectivity index (χ0) is 15.4. The lowest BCUT2D eigenvalue weighted by atomic mass is 10.2. The largest absolute Gasteiger partial charge is 0.332 e. The van der Waals surface area contributed by atoms with Crippen LogP contribution in [-0.4, -0.2) is 10.0 Å². The van der Waals surface area contributed by atoms with Crippen molar-refractivity contribution in [1.29, 1.82) is 0 Å². The van der Waals surface area contributed by atoms with Gasteiger partial charge in [0.2, 0.25) is 0 Å². The number of hydrogen-bond donors (Lipinski definition) is 2. The standard InChI is InChI=1S/C14H12FN3O2S/c1-9-3-2-4-11(7-9)16-14(21)17-12-6-5-10(15)8-13(12)18(19)20/h2-8H,1H3,(H2,16,17,21). The van der Waals surface area contributed by atoms with Crippen LogP contribution in [0.25, 0.3) is 0 Å². The van der Waals surface area contributed by atoms with Crippen LogP contribution in [0.2, 0.25) is 0 Å². The van der Waals surface area contributed by atoms with Crippen molar-refractivity contribution in [3.8, 4) is 0 Å². The van der Waals surface area contributed by atoms with Crippen LogP contribution in [-0.2, 0) is 0 Å². The monoisotopic (exact) mass is 305 g/mol. The van der Waals surface area contributed by atoms with Crippen molar-refractivity contribution < 1.29 is 9.31 Å². The van der Waals surface area contributed by atoms with E-state index in [0.29, 0.717) is 0 Å². The van der Waals surface area contributed by atoms with Gasteiger partial charge in [0.05, 0.1) is 11.0 Å². The fourth-order valence-corrected chi connectivity index (χ4v) is 2.00. The number of nitrogens with zero attached hydrogens (tertiary/aromatic N) is 1. The molecule has 2 rings (SSSR count). The van der Waals surface area contributed by atoms with E-state index in [1.54, 1.807) is 0 Å². The first kappa shape index (κ1) is 14.9. The van der Waals surface area contributed by atoms with Crippen LogP contribution in [0.1, 0.15) is 5.56 Å². The molecule has 0 heterocycles. The van der Waals surface area contributed by atoms with Gasteiger partial charge in [-0.25, -0.2) is 4.39 Å². The molecule has 7 heteroatoms. The molecule has 0 fully saturated rings. The summed E-state index contributed by atoms with van der Waals surface area (Å²) in [5, 5.41) is 16.7. The Kier molecular flexibility index (Phi) is 4.44. The lowest BCUT2D eigenvalue weighted by Gasteiger charge is -2.11. The number of rotatable bonds is 3. The van der Waals surface area contributed by atoms with E-state index in [2.05, 4.69) is 10.6 Å². The first-order valence-corrected chi connectivity index (χ1v) is 6.45.